The molecule has 1 aromatic carbocycles. The van der Waals surface area contributed by atoms with Crippen LogP contribution in [0, 0.1) is 0 Å². The van der Waals surface area contributed by atoms with Gasteiger partial charge in [0.2, 0.25) is 0 Å². The van der Waals surface area contributed by atoms with Gasteiger partial charge in [-0.3, -0.25) is 0 Å². The standard InChI is InChI=1S/C11H13NO3/c1-13-10-4-2-3-9(5-10)6-12-15-8-11-7-14-11/h2-6,11H,7-8H2,1H3. The first-order chi connectivity index (χ1) is 7.38. The largest absolute Gasteiger partial charge is 0.497 e. The molecule has 0 bridgehead atoms. The molecule has 0 spiro atoms. The van der Waals surface area contributed by atoms with Crippen LogP contribution in [-0.4, -0.2) is 32.6 Å². The van der Waals surface area contributed by atoms with E-state index >= 15 is 0 Å². The summed E-state index contributed by atoms with van der Waals surface area (Å²) in [4.78, 5) is 5.04. The van der Waals surface area contributed by atoms with Crippen molar-refractivity contribution in [2.75, 3.05) is 20.3 Å². The highest BCUT2D eigenvalue weighted by Gasteiger charge is 2.22. The third kappa shape index (κ3) is 3.25. The van der Waals surface area contributed by atoms with Crippen molar-refractivity contribution in [3.63, 3.8) is 0 Å². The normalized spacial score (nSPS) is 19.1. The van der Waals surface area contributed by atoms with Crippen LogP contribution < -0.4 is 4.74 Å². The second-order valence-corrected chi connectivity index (χ2v) is 3.26. The Labute approximate surface area is 88.4 Å². The van der Waals surface area contributed by atoms with Gasteiger partial charge in [-0.25, -0.2) is 0 Å². The summed E-state index contributed by atoms with van der Waals surface area (Å²) in [6.45, 7) is 1.31. The molecule has 4 nitrogen and oxygen atoms in total. The molecule has 1 fully saturated rings. The molecule has 0 radical (unpaired) electrons. The number of oxime groups is 1. The van der Waals surface area contributed by atoms with Crippen molar-refractivity contribution < 1.29 is 14.3 Å². The molecule has 0 aliphatic carbocycles. The molecule has 80 valence electrons. The molecule has 1 aliphatic heterocycles. The summed E-state index contributed by atoms with van der Waals surface area (Å²) in [5.74, 6) is 0.810. The fourth-order valence-electron chi connectivity index (χ4n) is 1.11. The van der Waals surface area contributed by atoms with Crippen molar-refractivity contribution in [2.24, 2.45) is 5.16 Å². The van der Waals surface area contributed by atoms with Crippen LogP contribution >= 0.6 is 0 Å². The molecule has 1 aromatic rings. The van der Waals surface area contributed by atoms with Crippen LogP contribution in [0.15, 0.2) is 29.4 Å². The lowest BCUT2D eigenvalue weighted by atomic mass is 10.2. The van der Waals surface area contributed by atoms with Crippen LogP contribution in [0.3, 0.4) is 0 Å². The van der Waals surface area contributed by atoms with Crippen molar-refractivity contribution in [2.45, 2.75) is 6.10 Å². The SMILES string of the molecule is COc1cccc(C=NOCC2CO2)c1. The first kappa shape index (κ1) is 9.98. The number of methoxy groups -OCH3 is 1. The number of rotatable bonds is 5. The number of hydrogen-bond donors (Lipinski definition) is 0. The second kappa shape index (κ2) is 4.79. The summed E-state index contributed by atoms with van der Waals surface area (Å²) in [6, 6.07) is 7.61. The number of hydrogen-bond acceptors (Lipinski definition) is 4. The second-order valence-electron chi connectivity index (χ2n) is 3.26. The Morgan fingerprint density at radius 2 is 2.47 bits per heavy atom. The van der Waals surface area contributed by atoms with Crippen molar-refractivity contribution >= 4 is 6.21 Å². The number of ether oxygens (including phenoxy) is 2. The Hall–Kier alpha value is -1.55. The third-order valence-electron chi connectivity index (χ3n) is 2.03. The molecule has 0 aromatic heterocycles. The molecule has 0 N–H and O–H groups in total. The highest BCUT2D eigenvalue weighted by atomic mass is 16.7. The van der Waals surface area contributed by atoms with Crippen molar-refractivity contribution in [1.82, 2.24) is 0 Å². The molecule has 1 atom stereocenters. The third-order valence-corrected chi connectivity index (χ3v) is 2.03. The molecule has 4 heteroatoms. The van der Waals surface area contributed by atoms with Gasteiger partial charge in [-0.05, 0) is 17.7 Å². The maximum atomic E-state index is 5.09. The van der Waals surface area contributed by atoms with Gasteiger partial charge in [-0.15, -0.1) is 0 Å². The lowest BCUT2D eigenvalue weighted by molar-refractivity contribution is 0.126. The van der Waals surface area contributed by atoms with Crippen LogP contribution in [0.1, 0.15) is 5.56 Å². The summed E-state index contributed by atoms with van der Waals surface area (Å²) in [6.07, 6.45) is 1.90. The highest BCUT2D eigenvalue weighted by Crippen LogP contribution is 2.11. The van der Waals surface area contributed by atoms with E-state index in [4.69, 9.17) is 14.3 Å². The summed E-state index contributed by atoms with van der Waals surface area (Å²) in [7, 11) is 1.64. The molecule has 0 saturated carbocycles. The lowest BCUT2D eigenvalue weighted by Crippen LogP contribution is -1.96. The van der Waals surface area contributed by atoms with Crippen molar-refractivity contribution in [3.05, 3.63) is 29.8 Å². The van der Waals surface area contributed by atoms with Gasteiger partial charge in [-0.1, -0.05) is 17.3 Å². The lowest BCUT2D eigenvalue weighted by Gasteiger charge is -1.99. The first-order valence-electron chi connectivity index (χ1n) is 4.79. The van der Waals surface area contributed by atoms with E-state index in [1.807, 2.05) is 24.3 Å². The molecule has 1 heterocycles. The Balaban J connectivity index is 1.84. The van der Waals surface area contributed by atoms with Gasteiger partial charge in [-0.2, -0.15) is 0 Å². The molecule has 1 unspecified atom stereocenters. The van der Waals surface area contributed by atoms with Crippen LogP contribution in [-0.2, 0) is 9.57 Å². The Morgan fingerprint density at radius 3 is 3.20 bits per heavy atom. The quantitative estimate of drug-likeness (QED) is 0.417. The fourth-order valence-corrected chi connectivity index (χ4v) is 1.11. The van der Waals surface area contributed by atoms with E-state index in [-0.39, 0.29) is 6.10 Å². The van der Waals surface area contributed by atoms with Crippen LogP contribution in [0.4, 0.5) is 0 Å². The maximum absolute atomic E-state index is 5.09. The van der Waals surface area contributed by atoms with Gasteiger partial charge >= 0.3 is 0 Å². The minimum atomic E-state index is 0.243. The minimum Gasteiger partial charge on any atom is -0.497 e. The zero-order valence-corrected chi connectivity index (χ0v) is 8.55. The fraction of sp³-hybridized carbons (Fsp3) is 0.364. The Morgan fingerprint density at radius 1 is 1.60 bits per heavy atom. The summed E-state index contributed by atoms with van der Waals surface area (Å²) >= 11 is 0. The van der Waals surface area contributed by atoms with E-state index in [1.54, 1.807) is 13.3 Å². The van der Waals surface area contributed by atoms with Crippen molar-refractivity contribution in [3.8, 4) is 5.75 Å². The van der Waals surface area contributed by atoms with E-state index < -0.39 is 0 Å². The molecule has 1 saturated heterocycles. The van der Waals surface area contributed by atoms with E-state index in [0.717, 1.165) is 17.9 Å². The molecular weight excluding hydrogens is 194 g/mol. The molecule has 0 amide bonds. The average molecular weight is 207 g/mol. The molecule has 1 aliphatic rings. The van der Waals surface area contributed by atoms with Crippen molar-refractivity contribution in [1.29, 1.82) is 0 Å². The topological polar surface area (TPSA) is 43.4 Å². The molecule has 2 rings (SSSR count). The van der Waals surface area contributed by atoms with Crippen LogP contribution in [0.5, 0.6) is 5.75 Å². The molecule has 15 heavy (non-hydrogen) atoms. The zero-order valence-electron chi connectivity index (χ0n) is 8.55. The van der Waals surface area contributed by atoms with Gasteiger partial charge in [0.1, 0.15) is 18.5 Å². The zero-order chi connectivity index (χ0) is 10.5. The number of epoxide rings is 1. The molecular formula is C11H13NO3. The monoisotopic (exact) mass is 207 g/mol. The van der Waals surface area contributed by atoms with Gasteiger partial charge in [0.25, 0.3) is 0 Å². The first-order valence-corrected chi connectivity index (χ1v) is 4.79. The predicted octanol–water partition coefficient (Wildman–Crippen LogP) is 1.44. The van der Waals surface area contributed by atoms with Gasteiger partial charge in [0.15, 0.2) is 0 Å². The van der Waals surface area contributed by atoms with Crippen LogP contribution in [0.2, 0.25) is 0 Å². The van der Waals surface area contributed by atoms with E-state index in [2.05, 4.69) is 5.16 Å². The van der Waals surface area contributed by atoms with E-state index in [1.165, 1.54) is 0 Å². The van der Waals surface area contributed by atoms with Gasteiger partial charge in [0.05, 0.1) is 19.9 Å². The Bertz CT molecular complexity index is 347. The van der Waals surface area contributed by atoms with Gasteiger partial charge in [0, 0.05) is 0 Å². The highest BCUT2D eigenvalue weighted by molar-refractivity contribution is 5.79. The summed E-state index contributed by atoms with van der Waals surface area (Å²) in [5.41, 5.74) is 0.950. The summed E-state index contributed by atoms with van der Waals surface area (Å²) in [5, 5.41) is 3.84. The maximum Gasteiger partial charge on any atom is 0.145 e. The van der Waals surface area contributed by atoms with E-state index in [9.17, 15) is 0 Å². The Kier molecular flexibility index (Phi) is 3.19. The number of nitrogens with zero attached hydrogens (tertiary/aromatic N) is 1. The number of benzene rings is 1. The van der Waals surface area contributed by atoms with Gasteiger partial charge < -0.3 is 14.3 Å². The van der Waals surface area contributed by atoms with E-state index in [0.29, 0.717) is 6.61 Å². The van der Waals surface area contributed by atoms with Crippen LogP contribution in [0.25, 0.3) is 0 Å². The predicted molar refractivity (Wildman–Crippen MR) is 56.3 cm³/mol. The smallest absolute Gasteiger partial charge is 0.145 e. The average Bonchev–Trinajstić information content (AvgIpc) is 3.09. The minimum absolute atomic E-state index is 0.243. The summed E-state index contributed by atoms with van der Waals surface area (Å²) < 4.78 is 10.1.